The molecule has 2 unspecified atom stereocenters. The highest BCUT2D eigenvalue weighted by molar-refractivity contribution is 7.90. The van der Waals surface area contributed by atoms with Crippen LogP contribution in [0.1, 0.15) is 29.7 Å². The Bertz CT molecular complexity index is 908. The van der Waals surface area contributed by atoms with Gasteiger partial charge in [-0.25, -0.2) is 17.9 Å². The Morgan fingerprint density at radius 3 is 2.15 bits per heavy atom. The van der Waals surface area contributed by atoms with Crippen molar-refractivity contribution in [3.05, 3.63) is 65.2 Å². The maximum Gasteiger partial charge on any atom is 0.331 e. The summed E-state index contributed by atoms with van der Waals surface area (Å²) < 4.78 is 33.1. The van der Waals surface area contributed by atoms with Crippen LogP contribution in [-0.2, 0) is 14.8 Å². The van der Waals surface area contributed by atoms with Crippen LogP contribution < -0.4 is 4.72 Å². The number of nitrogens with zero attached hydrogens (tertiary/aromatic N) is 1. The van der Waals surface area contributed by atoms with E-state index in [9.17, 15) is 13.2 Å². The fourth-order valence-electron chi connectivity index (χ4n) is 3.04. The molecule has 27 heavy (non-hydrogen) atoms. The lowest BCUT2D eigenvalue weighted by molar-refractivity contribution is -0.0651. The number of rotatable bonds is 3. The zero-order chi connectivity index (χ0) is 19.6. The van der Waals surface area contributed by atoms with Gasteiger partial charge in [0.1, 0.15) is 6.10 Å². The Kier molecular flexibility index (Phi) is 5.53. The van der Waals surface area contributed by atoms with E-state index in [0.717, 1.165) is 16.7 Å². The molecular weight excluding hydrogens is 364 g/mol. The number of hydrogen-bond acceptors (Lipinski definition) is 4. The smallest absolute Gasteiger partial charge is 0.331 e. The minimum Gasteiger partial charge on any atom is -0.367 e. The van der Waals surface area contributed by atoms with Crippen LogP contribution in [0.3, 0.4) is 0 Å². The highest BCUT2D eigenvalue weighted by atomic mass is 32.2. The molecule has 3 rings (SSSR count). The van der Waals surface area contributed by atoms with Crippen molar-refractivity contribution < 1.29 is 17.9 Å². The molecular formula is C20H24N2O4S. The molecule has 0 saturated carbocycles. The Labute approximate surface area is 160 Å². The van der Waals surface area contributed by atoms with Gasteiger partial charge < -0.3 is 9.64 Å². The van der Waals surface area contributed by atoms with Crippen LogP contribution in [0.15, 0.2) is 53.4 Å². The number of sulfonamides is 1. The SMILES string of the molecule is Cc1ccc(C2CN(C(=O)NS(=O)(=O)c3ccc(C)cc3)CC(C)O2)cc1. The van der Waals surface area contributed by atoms with Crippen molar-refractivity contribution in [1.29, 1.82) is 0 Å². The van der Waals surface area contributed by atoms with Crippen molar-refractivity contribution in [2.24, 2.45) is 0 Å². The third kappa shape index (κ3) is 4.67. The summed E-state index contributed by atoms with van der Waals surface area (Å²) >= 11 is 0. The largest absolute Gasteiger partial charge is 0.367 e. The molecule has 0 radical (unpaired) electrons. The molecule has 7 heteroatoms. The molecule has 0 bridgehead atoms. The van der Waals surface area contributed by atoms with Gasteiger partial charge in [0, 0.05) is 6.54 Å². The molecule has 1 N–H and O–H groups in total. The van der Waals surface area contributed by atoms with Crippen molar-refractivity contribution >= 4 is 16.1 Å². The van der Waals surface area contributed by atoms with Gasteiger partial charge in [-0.1, -0.05) is 47.5 Å². The van der Waals surface area contributed by atoms with E-state index in [2.05, 4.69) is 4.72 Å². The minimum atomic E-state index is -3.91. The topological polar surface area (TPSA) is 75.7 Å². The van der Waals surface area contributed by atoms with Gasteiger partial charge in [0.25, 0.3) is 10.0 Å². The summed E-state index contributed by atoms with van der Waals surface area (Å²) in [5.74, 6) is 0. The van der Waals surface area contributed by atoms with Crippen LogP contribution >= 0.6 is 0 Å². The molecule has 6 nitrogen and oxygen atoms in total. The number of amides is 2. The predicted octanol–water partition coefficient (Wildman–Crippen LogP) is 3.16. The molecule has 0 aliphatic carbocycles. The molecule has 2 atom stereocenters. The summed E-state index contributed by atoms with van der Waals surface area (Å²) in [5.41, 5.74) is 3.05. The number of nitrogens with one attached hydrogen (secondary N) is 1. The summed E-state index contributed by atoms with van der Waals surface area (Å²) in [6.07, 6.45) is -0.486. The Morgan fingerprint density at radius 2 is 1.56 bits per heavy atom. The van der Waals surface area contributed by atoms with E-state index in [1.54, 1.807) is 12.1 Å². The number of carbonyl (C=O) groups is 1. The second kappa shape index (κ2) is 7.70. The summed E-state index contributed by atoms with van der Waals surface area (Å²) in [6.45, 7) is 6.37. The molecule has 144 valence electrons. The lowest BCUT2D eigenvalue weighted by Gasteiger charge is -2.36. The lowest BCUT2D eigenvalue weighted by atomic mass is 10.1. The molecule has 2 aromatic rings. The normalized spacial score (nSPS) is 20.3. The second-order valence-electron chi connectivity index (χ2n) is 6.97. The van der Waals surface area contributed by atoms with Gasteiger partial charge in [-0.2, -0.15) is 0 Å². The number of ether oxygens (including phenoxy) is 1. The first-order valence-electron chi connectivity index (χ1n) is 8.85. The molecule has 0 spiro atoms. The van der Waals surface area contributed by atoms with Crippen LogP contribution in [0, 0.1) is 13.8 Å². The van der Waals surface area contributed by atoms with E-state index in [-0.39, 0.29) is 17.1 Å². The number of morpholine rings is 1. The van der Waals surface area contributed by atoms with E-state index < -0.39 is 16.1 Å². The van der Waals surface area contributed by atoms with Gasteiger partial charge in [0.15, 0.2) is 0 Å². The Morgan fingerprint density at radius 1 is 1.00 bits per heavy atom. The summed E-state index contributed by atoms with van der Waals surface area (Å²) in [7, 11) is -3.91. The number of hydrogen-bond donors (Lipinski definition) is 1. The average Bonchev–Trinajstić information content (AvgIpc) is 2.62. The molecule has 2 aromatic carbocycles. The zero-order valence-corrected chi connectivity index (χ0v) is 16.5. The minimum absolute atomic E-state index is 0.0674. The maximum atomic E-state index is 12.6. The Hall–Kier alpha value is -2.38. The number of aryl methyl sites for hydroxylation is 2. The number of carbonyl (C=O) groups excluding carboxylic acids is 1. The standard InChI is InChI=1S/C20H24N2O4S/c1-14-4-8-17(9-5-14)19-13-22(12-16(3)26-19)20(23)21-27(24,25)18-10-6-15(2)7-11-18/h4-11,16,19H,12-13H2,1-3H3,(H,21,23). The molecule has 0 aromatic heterocycles. The van der Waals surface area contributed by atoms with Crippen LogP contribution in [0.25, 0.3) is 0 Å². The fraction of sp³-hybridized carbons (Fsp3) is 0.350. The van der Waals surface area contributed by atoms with E-state index in [4.69, 9.17) is 4.74 Å². The van der Waals surface area contributed by atoms with E-state index in [1.165, 1.54) is 17.0 Å². The first kappa shape index (κ1) is 19.4. The first-order valence-corrected chi connectivity index (χ1v) is 10.3. The molecule has 2 amide bonds. The molecule has 1 heterocycles. The quantitative estimate of drug-likeness (QED) is 0.876. The van der Waals surface area contributed by atoms with Crippen molar-refractivity contribution in [3.63, 3.8) is 0 Å². The molecule has 1 aliphatic rings. The van der Waals surface area contributed by atoms with Gasteiger partial charge in [-0.15, -0.1) is 0 Å². The van der Waals surface area contributed by atoms with Crippen molar-refractivity contribution in [1.82, 2.24) is 9.62 Å². The monoisotopic (exact) mass is 388 g/mol. The van der Waals surface area contributed by atoms with E-state index in [0.29, 0.717) is 13.1 Å². The highest BCUT2D eigenvalue weighted by Crippen LogP contribution is 2.25. The molecule has 1 fully saturated rings. The highest BCUT2D eigenvalue weighted by Gasteiger charge is 2.31. The Balaban J connectivity index is 1.73. The average molecular weight is 388 g/mol. The van der Waals surface area contributed by atoms with Gasteiger partial charge >= 0.3 is 6.03 Å². The van der Waals surface area contributed by atoms with Crippen molar-refractivity contribution in [2.75, 3.05) is 13.1 Å². The molecule has 1 aliphatic heterocycles. The van der Waals surface area contributed by atoms with Gasteiger partial charge in [-0.3, -0.25) is 0 Å². The van der Waals surface area contributed by atoms with Gasteiger partial charge in [-0.05, 0) is 38.5 Å². The van der Waals surface area contributed by atoms with Crippen LogP contribution in [0.4, 0.5) is 4.79 Å². The van der Waals surface area contributed by atoms with Crippen molar-refractivity contribution in [2.45, 2.75) is 37.9 Å². The lowest BCUT2D eigenvalue weighted by Crippen LogP contribution is -2.51. The maximum absolute atomic E-state index is 12.6. The van der Waals surface area contributed by atoms with E-state index >= 15 is 0 Å². The third-order valence-corrected chi connectivity index (χ3v) is 5.89. The molecule has 1 saturated heterocycles. The van der Waals surface area contributed by atoms with Gasteiger partial charge in [0.05, 0.1) is 17.5 Å². The third-order valence-electron chi connectivity index (χ3n) is 4.55. The predicted molar refractivity (Wildman–Crippen MR) is 103 cm³/mol. The zero-order valence-electron chi connectivity index (χ0n) is 15.7. The fourth-order valence-corrected chi connectivity index (χ4v) is 4.01. The second-order valence-corrected chi connectivity index (χ2v) is 8.66. The summed E-state index contributed by atoms with van der Waals surface area (Å²) in [5, 5.41) is 0. The number of benzene rings is 2. The van der Waals surface area contributed by atoms with Crippen LogP contribution in [-0.4, -0.2) is 38.5 Å². The van der Waals surface area contributed by atoms with E-state index in [1.807, 2.05) is 45.0 Å². The van der Waals surface area contributed by atoms with Crippen molar-refractivity contribution in [3.8, 4) is 0 Å². The first-order chi connectivity index (χ1) is 12.7. The number of urea groups is 1. The van der Waals surface area contributed by atoms with Crippen LogP contribution in [0.2, 0.25) is 0 Å². The van der Waals surface area contributed by atoms with Gasteiger partial charge in [0.2, 0.25) is 0 Å². The van der Waals surface area contributed by atoms with Crippen LogP contribution in [0.5, 0.6) is 0 Å². The summed E-state index contributed by atoms with van der Waals surface area (Å²) in [6, 6.07) is 13.7. The summed E-state index contributed by atoms with van der Waals surface area (Å²) in [4.78, 5) is 14.2.